The number of amides is 1. The molecule has 31 heavy (non-hydrogen) atoms. The highest BCUT2D eigenvalue weighted by Crippen LogP contribution is 2.31. The lowest BCUT2D eigenvalue weighted by Gasteiger charge is -2.36. The van der Waals surface area contributed by atoms with Crippen molar-refractivity contribution < 1.29 is 19.0 Å². The highest BCUT2D eigenvalue weighted by molar-refractivity contribution is 5.97. The average Bonchev–Trinajstić information content (AvgIpc) is 3.35. The van der Waals surface area contributed by atoms with Crippen molar-refractivity contribution in [2.45, 2.75) is 63.5 Å². The van der Waals surface area contributed by atoms with Crippen molar-refractivity contribution >= 4 is 5.91 Å². The minimum absolute atomic E-state index is 0.0399. The molecule has 0 N–H and O–H groups in total. The SMILES string of the molecule is COCC1CCCN(C(=O)c2cc(OC)ccc2OC2CCN(C3CCCC3)CC2)C1. The summed E-state index contributed by atoms with van der Waals surface area (Å²) in [5, 5.41) is 0. The molecule has 1 unspecified atom stereocenters. The van der Waals surface area contributed by atoms with Crippen molar-refractivity contribution in [1.29, 1.82) is 0 Å². The molecule has 6 nitrogen and oxygen atoms in total. The number of hydrogen-bond donors (Lipinski definition) is 0. The van der Waals surface area contributed by atoms with Crippen LogP contribution < -0.4 is 9.47 Å². The Hall–Kier alpha value is -1.79. The Morgan fingerprint density at radius 3 is 2.48 bits per heavy atom. The van der Waals surface area contributed by atoms with E-state index in [9.17, 15) is 4.79 Å². The molecule has 2 saturated heterocycles. The van der Waals surface area contributed by atoms with E-state index in [1.165, 1.54) is 25.7 Å². The van der Waals surface area contributed by atoms with Crippen LogP contribution in [-0.4, -0.2) is 74.9 Å². The fourth-order valence-corrected chi connectivity index (χ4v) is 5.51. The molecule has 1 amide bonds. The average molecular weight is 431 g/mol. The molecule has 2 heterocycles. The first-order valence-corrected chi connectivity index (χ1v) is 12.0. The van der Waals surface area contributed by atoms with Crippen LogP contribution in [0.3, 0.4) is 0 Å². The van der Waals surface area contributed by atoms with E-state index >= 15 is 0 Å². The van der Waals surface area contributed by atoms with E-state index in [0.29, 0.717) is 29.6 Å². The smallest absolute Gasteiger partial charge is 0.257 e. The Bertz CT molecular complexity index is 724. The molecule has 172 valence electrons. The summed E-state index contributed by atoms with van der Waals surface area (Å²) in [6, 6.07) is 6.42. The van der Waals surface area contributed by atoms with Crippen molar-refractivity contribution in [2.75, 3.05) is 47.0 Å². The van der Waals surface area contributed by atoms with E-state index in [1.54, 1.807) is 14.2 Å². The lowest BCUT2D eigenvalue weighted by molar-refractivity contribution is 0.0551. The van der Waals surface area contributed by atoms with Gasteiger partial charge in [-0.2, -0.15) is 0 Å². The number of rotatable bonds is 7. The maximum atomic E-state index is 13.4. The normalized spacial score (nSPS) is 23.8. The second kappa shape index (κ2) is 10.7. The van der Waals surface area contributed by atoms with E-state index in [1.807, 2.05) is 23.1 Å². The van der Waals surface area contributed by atoms with Crippen molar-refractivity contribution in [1.82, 2.24) is 9.80 Å². The van der Waals surface area contributed by atoms with Crippen molar-refractivity contribution in [3.63, 3.8) is 0 Å². The molecule has 2 aliphatic heterocycles. The molecule has 6 heteroatoms. The fraction of sp³-hybridized carbons (Fsp3) is 0.720. The molecular formula is C25H38N2O4. The van der Waals surface area contributed by atoms with Crippen LogP contribution in [0.25, 0.3) is 0 Å². The van der Waals surface area contributed by atoms with E-state index in [0.717, 1.165) is 57.9 Å². The van der Waals surface area contributed by atoms with Gasteiger partial charge in [0.1, 0.15) is 17.6 Å². The number of likely N-dealkylation sites (tertiary alicyclic amines) is 2. The van der Waals surface area contributed by atoms with Crippen LogP contribution in [0.1, 0.15) is 61.7 Å². The van der Waals surface area contributed by atoms with Crippen LogP contribution in [0.4, 0.5) is 0 Å². The van der Waals surface area contributed by atoms with Gasteiger partial charge in [-0.25, -0.2) is 0 Å². The number of piperidine rings is 2. The van der Waals surface area contributed by atoms with Crippen molar-refractivity contribution in [3.8, 4) is 11.5 Å². The summed E-state index contributed by atoms with van der Waals surface area (Å²) in [6.45, 7) is 4.42. The molecule has 1 aliphatic carbocycles. The maximum absolute atomic E-state index is 13.4. The zero-order valence-electron chi connectivity index (χ0n) is 19.2. The van der Waals surface area contributed by atoms with Crippen LogP contribution >= 0.6 is 0 Å². The van der Waals surface area contributed by atoms with Crippen molar-refractivity contribution in [2.24, 2.45) is 5.92 Å². The van der Waals surface area contributed by atoms with Crippen LogP contribution in [0.2, 0.25) is 0 Å². The summed E-state index contributed by atoms with van der Waals surface area (Å²) >= 11 is 0. The minimum atomic E-state index is 0.0399. The Labute approximate surface area is 186 Å². The second-order valence-corrected chi connectivity index (χ2v) is 9.37. The highest BCUT2D eigenvalue weighted by atomic mass is 16.5. The zero-order valence-corrected chi connectivity index (χ0v) is 19.2. The number of carbonyl (C=O) groups excluding carboxylic acids is 1. The Kier molecular flexibility index (Phi) is 7.72. The van der Waals surface area contributed by atoms with Gasteiger partial charge in [0.15, 0.2) is 0 Å². The molecule has 1 aromatic carbocycles. The van der Waals surface area contributed by atoms with Crippen LogP contribution in [0.5, 0.6) is 11.5 Å². The third-order valence-electron chi connectivity index (χ3n) is 7.24. The van der Waals surface area contributed by atoms with Gasteiger partial charge in [-0.3, -0.25) is 4.79 Å². The molecule has 0 bridgehead atoms. The fourth-order valence-electron chi connectivity index (χ4n) is 5.51. The predicted octanol–water partition coefficient (Wildman–Crippen LogP) is 3.98. The third kappa shape index (κ3) is 5.53. The molecule has 3 aliphatic rings. The first-order valence-electron chi connectivity index (χ1n) is 12.0. The quantitative estimate of drug-likeness (QED) is 0.655. The summed E-state index contributed by atoms with van der Waals surface area (Å²) in [7, 11) is 3.37. The standard InChI is InChI=1S/C25H38N2O4/c1-29-18-19-6-5-13-27(17-19)25(28)23-16-22(30-2)9-10-24(23)31-21-11-14-26(15-12-21)20-7-3-4-8-20/h9-10,16,19-21H,3-8,11-15,17-18H2,1-2H3. The predicted molar refractivity (Wildman–Crippen MR) is 121 cm³/mol. The monoisotopic (exact) mass is 430 g/mol. The molecule has 4 rings (SSSR count). The summed E-state index contributed by atoms with van der Waals surface area (Å²) in [4.78, 5) is 18.1. The van der Waals surface area contributed by atoms with Crippen LogP contribution in [-0.2, 0) is 4.74 Å². The van der Waals surface area contributed by atoms with Gasteiger partial charge in [0.2, 0.25) is 0 Å². The first-order chi connectivity index (χ1) is 15.2. The number of nitrogens with zero attached hydrogens (tertiary/aromatic N) is 2. The number of methoxy groups -OCH3 is 2. The summed E-state index contributed by atoms with van der Waals surface area (Å²) in [5.41, 5.74) is 0.621. The van der Waals surface area contributed by atoms with Gasteiger partial charge in [-0.15, -0.1) is 0 Å². The van der Waals surface area contributed by atoms with Gasteiger partial charge >= 0.3 is 0 Å². The van der Waals surface area contributed by atoms with Crippen LogP contribution in [0, 0.1) is 5.92 Å². The number of benzene rings is 1. The zero-order chi connectivity index (χ0) is 21.6. The molecule has 3 fully saturated rings. The van der Waals surface area contributed by atoms with E-state index in [4.69, 9.17) is 14.2 Å². The molecule has 0 aromatic heterocycles. The maximum Gasteiger partial charge on any atom is 0.257 e. The van der Waals surface area contributed by atoms with Gasteiger partial charge in [-0.05, 0) is 62.6 Å². The number of ether oxygens (including phenoxy) is 3. The topological polar surface area (TPSA) is 51.2 Å². The van der Waals surface area contributed by atoms with Crippen molar-refractivity contribution in [3.05, 3.63) is 23.8 Å². The van der Waals surface area contributed by atoms with Gasteiger partial charge < -0.3 is 24.0 Å². The summed E-state index contributed by atoms with van der Waals surface area (Å²) in [6.07, 6.45) is 9.79. The number of hydrogen-bond acceptors (Lipinski definition) is 5. The minimum Gasteiger partial charge on any atom is -0.497 e. The Balaban J connectivity index is 1.42. The first kappa shape index (κ1) is 22.4. The molecule has 0 spiro atoms. The van der Waals surface area contributed by atoms with Gasteiger partial charge in [0.25, 0.3) is 5.91 Å². The Morgan fingerprint density at radius 2 is 1.77 bits per heavy atom. The summed E-state index contributed by atoms with van der Waals surface area (Å²) in [5.74, 6) is 1.83. The highest BCUT2D eigenvalue weighted by Gasteiger charge is 2.30. The lowest BCUT2D eigenvalue weighted by Crippen LogP contribution is -2.43. The van der Waals surface area contributed by atoms with Gasteiger partial charge in [-0.1, -0.05) is 12.8 Å². The lowest BCUT2D eigenvalue weighted by atomic mass is 9.98. The summed E-state index contributed by atoms with van der Waals surface area (Å²) < 4.78 is 17.2. The molecule has 1 aromatic rings. The van der Waals surface area contributed by atoms with Gasteiger partial charge in [0.05, 0.1) is 19.3 Å². The molecule has 0 radical (unpaired) electrons. The molecule has 1 saturated carbocycles. The Morgan fingerprint density at radius 1 is 1.00 bits per heavy atom. The number of carbonyl (C=O) groups is 1. The molecular weight excluding hydrogens is 392 g/mol. The van der Waals surface area contributed by atoms with Crippen LogP contribution in [0.15, 0.2) is 18.2 Å². The molecule has 1 atom stereocenters. The van der Waals surface area contributed by atoms with E-state index in [-0.39, 0.29) is 12.0 Å². The van der Waals surface area contributed by atoms with E-state index < -0.39 is 0 Å². The van der Waals surface area contributed by atoms with E-state index in [2.05, 4.69) is 4.90 Å². The largest absolute Gasteiger partial charge is 0.497 e. The third-order valence-corrected chi connectivity index (χ3v) is 7.24. The van der Waals surface area contributed by atoms with Gasteiger partial charge in [0, 0.05) is 39.3 Å². The second-order valence-electron chi connectivity index (χ2n) is 9.37.